The second-order valence-corrected chi connectivity index (χ2v) is 21.4. The molecule has 0 unspecified atom stereocenters. The molecule has 0 aliphatic carbocycles. The number of thioether (sulfide) groups is 1. The first-order valence-corrected chi connectivity index (χ1v) is 29.0. The smallest absolute Gasteiger partial charge is 0.491 e. The summed E-state index contributed by atoms with van der Waals surface area (Å²) < 4.78 is 153. The van der Waals surface area contributed by atoms with Crippen LogP contribution in [-0.2, 0) is 28.7 Å². The predicted molar refractivity (Wildman–Crippen MR) is 342 cm³/mol. The molecule has 1 radical (unpaired) electrons. The summed E-state index contributed by atoms with van der Waals surface area (Å²) in [6.45, 7) is 7.03. The minimum Gasteiger partial charge on any atom is -0.517 e. The summed E-state index contributed by atoms with van der Waals surface area (Å²) >= 11 is 1.40. The zero-order valence-electron chi connectivity index (χ0n) is 51.1. The molecule has 0 spiro atoms. The molecule has 0 amide bonds. The molecule has 0 saturated heterocycles. The minimum absolute atomic E-state index is 0. The van der Waals surface area contributed by atoms with Crippen LogP contribution in [0.2, 0.25) is 0 Å². The molecule has 10 aromatic rings. The van der Waals surface area contributed by atoms with E-state index < -0.39 is 92.0 Å². The molecule has 10 aromatic carbocycles. The molecule has 0 aromatic heterocycles. The van der Waals surface area contributed by atoms with Crippen LogP contribution >= 0.6 is 11.8 Å². The SMILES string of the molecule is Cc1cc(CSc2ccc(B(O)O)c(F)c2)ccc1F.Cc1cc(Oc2cccc(F)c2)cc(F)c1B(O)O.Cc1cccc(Oc2c(F)cc(N(O)O)cc2F)c1.Cc1cccc(Oc2c[c-]c(B(O)O)cc2)c1.OB(O)c1ccc(Oc2cccc(F)c2)cc1C(F)(F)F.[Co]. The van der Waals surface area contributed by atoms with E-state index in [4.69, 9.17) is 69.6 Å². The molecule has 0 atom stereocenters. The van der Waals surface area contributed by atoms with Crippen molar-refractivity contribution in [3.63, 3.8) is 0 Å². The Morgan fingerprint density at radius 1 is 0.433 bits per heavy atom. The van der Waals surface area contributed by atoms with Crippen molar-refractivity contribution in [1.29, 1.82) is 0 Å². The van der Waals surface area contributed by atoms with Gasteiger partial charge in [-0.2, -0.15) is 25.3 Å². The van der Waals surface area contributed by atoms with Crippen LogP contribution < -0.4 is 46.0 Å². The molecule has 97 heavy (non-hydrogen) atoms. The standard InChI is InChI=1S/C14H13BF2O2S.C13H9BF4O3.C13H11BF2O3.C13H12BO3.C13H11F2NO3.Co/c1-9-6-10(2-5-13(9)16)8-20-11-3-4-12(15(18)19)14(17)7-11;15-8-2-1-3-9(6-8)21-10-4-5-12(14(19)20)11(7-10)13(16,17)18;1-8-5-11(7-12(16)13(8)14(17)18)19-10-4-2-3-9(15)6-10;1-10-3-2-4-13(9-10)17-12-7-5-11(6-8-12)14(15)16;1-8-3-2-4-10(5-8)19-13-11(14)6-9(16(17)18)7-12(13)15;/h2-7,18-19H,8H2,1H3;1-7,19-20H;2-7,17-18H,1H3;2-5,7-9,15-16H,1H3;2-7,17-18H,1H3;/q;;;-1;;. The van der Waals surface area contributed by atoms with Crippen molar-refractivity contribution in [3.05, 3.63) is 274 Å². The zero-order chi connectivity index (χ0) is 70.6. The third kappa shape index (κ3) is 25.0. The van der Waals surface area contributed by atoms with E-state index in [0.717, 1.165) is 58.8 Å². The molecule has 0 bridgehead atoms. The number of aryl methyl sites for hydroxylation is 4. The van der Waals surface area contributed by atoms with E-state index in [0.29, 0.717) is 39.1 Å². The number of anilines is 1. The normalized spacial score (nSPS) is 10.5. The average molecular weight is 1410 g/mol. The molecule has 31 heteroatoms. The van der Waals surface area contributed by atoms with Crippen molar-refractivity contribution in [3.8, 4) is 46.0 Å². The van der Waals surface area contributed by atoms with E-state index in [1.54, 1.807) is 61.5 Å². The van der Waals surface area contributed by atoms with Gasteiger partial charge in [-0.1, -0.05) is 60.7 Å². The fourth-order valence-corrected chi connectivity index (χ4v) is 9.16. The quantitative estimate of drug-likeness (QED) is 0.0142. The second kappa shape index (κ2) is 37.1. The maximum Gasteiger partial charge on any atom is 0.491 e. The van der Waals surface area contributed by atoms with Gasteiger partial charge in [0.05, 0.1) is 5.56 Å². The fraction of sp³-hybridized carbons (Fsp3) is 0.0909. The molecule has 10 N–H and O–H groups in total. The topological polar surface area (TPSA) is 242 Å². The van der Waals surface area contributed by atoms with Crippen LogP contribution in [0.4, 0.5) is 49.6 Å². The van der Waals surface area contributed by atoms with Crippen molar-refractivity contribution < 1.29 is 130 Å². The third-order valence-corrected chi connectivity index (χ3v) is 13.9. The van der Waals surface area contributed by atoms with Gasteiger partial charge in [0, 0.05) is 74.4 Å². The van der Waals surface area contributed by atoms with E-state index in [1.807, 2.05) is 44.2 Å². The summed E-state index contributed by atoms with van der Waals surface area (Å²) in [5.74, 6) is -2.96. The van der Waals surface area contributed by atoms with Gasteiger partial charge in [-0.15, -0.1) is 34.6 Å². The maximum absolute atomic E-state index is 13.7. The van der Waals surface area contributed by atoms with Crippen LogP contribution in [0, 0.1) is 74.5 Å². The van der Waals surface area contributed by atoms with Crippen LogP contribution in [0.25, 0.3) is 0 Å². The fourth-order valence-electron chi connectivity index (χ4n) is 8.30. The first kappa shape index (κ1) is 78.9. The Hall–Kier alpha value is -8.78. The molecule has 0 aliphatic heterocycles. The molecule has 10 rings (SSSR count). The van der Waals surface area contributed by atoms with Gasteiger partial charge in [-0.05, 0) is 146 Å². The Labute approximate surface area is 565 Å². The monoisotopic (exact) mass is 1410 g/mol. The number of nitrogens with zero attached hydrogens (tertiary/aromatic N) is 1. The van der Waals surface area contributed by atoms with Crippen LogP contribution in [0.5, 0.6) is 46.0 Å². The van der Waals surface area contributed by atoms with E-state index in [-0.39, 0.29) is 67.5 Å². The predicted octanol–water partition coefficient (Wildman–Crippen LogP) is 11.2. The summed E-state index contributed by atoms with van der Waals surface area (Å²) in [7, 11) is -7.45. The number of hydrogen-bond acceptors (Lipinski definition) is 16. The van der Waals surface area contributed by atoms with Gasteiger partial charge in [0.2, 0.25) is 0 Å². The molecule has 0 saturated carbocycles. The van der Waals surface area contributed by atoms with Gasteiger partial charge in [0.25, 0.3) is 0 Å². The Kier molecular flexibility index (Phi) is 30.2. The summed E-state index contributed by atoms with van der Waals surface area (Å²) in [5.41, 5.74) is 1.47. The Morgan fingerprint density at radius 3 is 1.40 bits per heavy atom. The number of ether oxygens (including phenoxy) is 4. The van der Waals surface area contributed by atoms with E-state index in [9.17, 15) is 43.9 Å². The van der Waals surface area contributed by atoms with Crippen LogP contribution in [0.3, 0.4) is 0 Å². The summed E-state index contributed by atoms with van der Waals surface area (Å²) in [6.07, 6.45) is -4.78. The summed E-state index contributed by atoms with van der Waals surface area (Å²) in [5, 5.41) is 88.7. The van der Waals surface area contributed by atoms with Crippen molar-refractivity contribution in [2.75, 3.05) is 5.23 Å². The van der Waals surface area contributed by atoms with Crippen LogP contribution in [-0.4, -0.2) is 79.1 Å². The Bertz CT molecular complexity index is 4170. The van der Waals surface area contributed by atoms with Crippen molar-refractivity contribution in [1.82, 2.24) is 0 Å². The van der Waals surface area contributed by atoms with Crippen molar-refractivity contribution in [2.24, 2.45) is 0 Å². The Morgan fingerprint density at radius 2 is 0.938 bits per heavy atom. The van der Waals surface area contributed by atoms with Gasteiger partial charge >= 0.3 is 34.6 Å². The first-order chi connectivity index (χ1) is 45.3. The van der Waals surface area contributed by atoms with Gasteiger partial charge in [0.15, 0.2) is 17.4 Å². The molecule has 0 fully saturated rings. The molecular weight excluding hydrogens is 1350 g/mol. The minimum atomic E-state index is -4.78. The van der Waals surface area contributed by atoms with Gasteiger partial charge in [-0.3, -0.25) is 10.4 Å². The van der Waals surface area contributed by atoms with Crippen molar-refractivity contribution in [2.45, 2.75) is 44.5 Å². The van der Waals surface area contributed by atoms with Gasteiger partial charge in [0.1, 0.15) is 69.3 Å². The molecule has 15 nitrogen and oxygen atoms in total. The number of hydrogen-bond donors (Lipinski definition) is 10. The van der Waals surface area contributed by atoms with E-state index in [1.165, 1.54) is 85.4 Å². The molecule has 507 valence electrons. The largest absolute Gasteiger partial charge is 0.517 e. The number of alkyl halides is 3. The Balaban J connectivity index is 0.000000219. The van der Waals surface area contributed by atoms with Gasteiger partial charge < -0.3 is 59.1 Å². The summed E-state index contributed by atoms with van der Waals surface area (Å²) in [6, 6.07) is 48.0. The average Bonchev–Trinajstić information content (AvgIpc) is 0.840. The van der Waals surface area contributed by atoms with Crippen LogP contribution in [0.1, 0.15) is 33.4 Å². The maximum atomic E-state index is 13.7. The van der Waals surface area contributed by atoms with E-state index >= 15 is 0 Å². The van der Waals surface area contributed by atoms with E-state index in [2.05, 4.69) is 6.07 Å². The second-order valence-electron chi connectivity index (χ2n) is 20.4. The molecule has 0 heterocycles. The summed E-state index contributed by atoms with van der Waals surface area (Å²) in [4.78, 5) is 0.675. The molecule has 0 aliphatic rings. The number of benzene rings is 10. The molecular formula is C66H56B4CoF10NO14S-. The van der Waals surface area contributed by atoms with Crippen molar-refractivity contribution >= 4 is 67.8 Å². The van der Waals surface area contributed by atoms with Crippen LogP contribution in [0.15, 0.2) is 199 Å². The van der Waals surface area contributed by atoms with Gasteiger partial charge in [-0.25, -0.2) is 30.7 Å². The number of halogens is 10. The third-order valence-electron chi connectivity index (χ3n) is 12.9. The first-order valence-electron chi connectivity index (χ1n) is 28.0. The zero-order valence-corrected chi connectivity index (χ0v) is 52.9. The number of rotatable bonds is 16.